The Balaban J connectivity index is 1.85. The highest BCUT2D eigenvalue weighted by Gasteiger charge is 2.30. The first-order valence-electron chi connectivity index (χ1n) is 5.82. The lowest BCUT2D eigenvalue weighted by molar-refractivity contribution is -0.136. The van der Waals surface area contributed by atoms with Gasteiger partial charge in [0.05, 0.1) is 5.92 Å². The van der Waals surface area contributed by atoms with Crippen LogP contribution in [0.2, 0.25) is 0 Å². The van der Waals surface area contributed by atoms with Gasteiger partial charge in [-0.15, -0.1) is 0 Å². The number of amides is 1. The number of hydrogen-bond acceptors (Lipinski definition) is 3. The molecule has 4 heteroatoms. The normalized spacial score (nSPS) is 29.7. The number of likely N-dealkylation sites (tertiary alicyclic amines) is 1. The molecule has 2 rings (SSSR count). The van der Waals surface area contributed by atoms with E-state index in [0.717, 1.165) is 45.7 Å². The SMILES string of the molecule is CN1CCN(C(=O)[C@H]2CCN(C)C2)CC1. The van der Waals surface area contributed by atoms with Crippen LogP contribution >= 0.6 is 0 Å². The van der Waals surface area contributed by atoms with Crippen molar-refractivity contribution in [2.45, 2.75) is 6.42 Å². The highest BCUT2D eigenvalue weighted by molar-refractivity contribution is 5.79. The third-order valence-electron chi connectivity index (χ3n) is 3.56. The molecule has 0 unspecified atom stereocenters. The third-order valence-corrected chi connectivity index (χ3v) is 3.56. The van der Waals surface area contributed by atoms with E-state index in [-0.39, 0.29) is 5.92 Å². The molecule has 86 valence electrons. The smallest absolute Gasteiger partial charge is 0.227 e. The highest BCUT2D eigenvalue weighted by atomic mass is 16.2. The fourth-order valence-corrected chi connectivity index (χ4v) is 2.42. The minimum atomic E-state index is 0.262. The number of carbonyl (C=O) groups is 1. The zero-order valence-electron chi connectivity index (χ0n) is 9.78. The molecule has 0 saturated carbocycles. The average molecular weight is 211 g/mol. The summed E-state index contributed by atoms with van der Waals surface area (Å²) in [4.78, 5) is 18.7. The van der Waals surface area contributed by atoms with Crippen molar-refractivity contribution < 1.29 is 4.79 Å². The van der Waals surface area contributed by atoms with Crippen LogP contribution in [0.1, 0.15) is 6.42 Å². The first kappa shape index (κ1) is 10.9. The van der Waals surface area contributed by atoms with Gasteiger partial charge in [0.25, 0.3) is 0 Å². The van der Waals surface area contributed by atoms with E-state index in [1.54, 1.807) is 0 Å². The number of nitrogens with zero attached hydrogens (tertiary/aromatic N) is 3. The van der Waals surface area contributed by atoms with Crippen molar-refractivity contribution in [1.29, 1.82) is 0 Å². The molecule has 0 bridgehead atoms. The van der Waals surface area contributed by atoms with Crippen molar-refractivity contribution in [2.75, 3.05) is 53.4 Å². The van der Waals surface area contributed by atoms with Gasteiger partial charge in [0, 0.05) is 32.7 Å². The van der Waals surface area contributed by atoms with Crippen molar-refractivity contribution in [3.63, 3.8) is 0 Å². The van der Waals surface area contributed by atoms with Crippen LogP contribution in [0.5, 0.6) is 0 Å². The van der Waals surface area contributed by atoms with Crippen molar-refractivity contribution in [3.8, 4) is 0 Å². The van der Waals surface area contributed by atoms with Gasteiger partial charge in [0.15, 0.2) is 0 Å². The second-order valence-electron chi connectivity index (χ2n) is 4.88. The molecule has 4 nitrogen and oxygen atoms in total. The van der Waals surface area contributed by atoms with E-state index in [1.165, 1.54) is 0 Å². The van der Waals surface area contributed by atoms with Gasteiger partial charge in [-0.25, -0.2) is 0 Å². The number of hydrogen-bond donors (Lipinski definition) is 0. The first-order valence-corrected chi connectivity index (χ1v) is 5.82. The fraction of sp³-hybridized carbons (Fsp3) is 0.909. The molecule has 0 spiro atoms. The van der Waals surface area contributed by atoms with Crippen molar-refractivity contribution in [1.82, 2.24) is 14.7 Å². The molecule has 0 aromatic rings. The molecule has 0 aliphatic carbocycles. The Bertz CT molecular complexity index is 236. The van der Waals surface area contributed by atoms with Crippen molar-refractivity contribution >= 4 is 5.91 Å². The molecular formula is C11H21N3O. The molecule has 0 aromatic heterocycles. The van der Waals surface area contributed by atoms with Crippen LogP contribution in [0.25, 0.3) is 0 Å². The maximum atomic E-state index is 12.1. The van der Waals surface area contributed by atoms with Crippen molar-refractivity contribution in [2.24, 2.45) is 5.92 Å². The van der Waals surface area contributed by atoms with Crippen LogP contribution in [-0.2, 0) is 4.79 Å². The highest BCUT2D eigenvalue weighted by Crippen LogP contribution is 2.17. The lowest BCUT2D eigenvalue weighted by Gasteiger charge is -2.33. The Hall–Kier alpha value is -0.610. The topological polar surface area (TPSA) is 26.8 Å². The molecule has 2 aliphatic heterocycles. The second-order valence-corrected chi connectivity index (χ2v) is 4.88. The van der Waals surface area contributed by atoms with Gasteiger partial charge in [-0.1, -0.05) is 0 Å². The quantitative estimate of drug-likeness (QED) is 0.596. The van der Waals surface area contributed by atoms with E-state index < -0.39 is 0 Å². The lowest BCUT2D eigenvalue weighted by Crippen LogP contribution is -2.49. The van der Waals surface area contributed by atoms with Gasteiger partial charge in [0.1, 0.15) is 0 Å². The lowest BCUT2D eigenvalue weighted by atomic mass is 10.1. The van der Waals surface area contributed by atoms with Gasteiger partial charge in [-0.05, 0) is 27.1 Å². The molecule has 0 N–H and O–H groups in total. The van der Waals surface area contributed by atoms with Gasteiger partial charge in [-0.2, -0.15) is 0 Å². The number of likely N-dealkylation sites (N-methyl/N-ethyl adjacent to an activating group) is 1. The molecule has 2 fully saturated rings. The molecular weight excluding hydrogens is 190 g/mol. The minimum Gasteiger partial charge on any atom is -0.340 e. The molecule has 2 saturated heterocycles. The Morgan fingerprint density at radius 3 is 2.20 bits per heavy atom. The van der Waals surface area contributed by atoms with E-state index in [0.29, 0.717) is 5.91 Å². The Morgan fingerprint density at radius 2 is 1.67 bits per heavy atom. The Kier molecular flexibility index (Phi) is 3.26. The first-order chi connectivity index (χ1) is 7.16. The summed E-state index contributed by atoms with van der Waals surface area (Å²) in [6.07, 6.45) is 1.04. The van der Waals surface area contributed by atoms with E-state index in [1.807, 2.05) is 4.90 Å². The van der Waals surface area contributed by atoms with Gasteiger partial charge in [0.2, 0.25) is 5.91 Å². The van der Waals surface area contributed by atoms with Gasteiger partial charge >= 0.3 is 0 Å². The summed E-state index contributed by atoms with van der Waals surface area (Å²) < 4.78 is 0. The molecule has 1 atom stereocenters. The fourth-order valence-electron chi connectivity index (χ4n) is 2.42. The van der Waals surface area contributed by atoms with Crippen LogP contribution in [-0.4, -0.2) is 74.0 Å². The summed E-state index contributed by atoms with van der Waals surface area (Å²) in [6, 6.07) is 0. The maximum absolute atomic E-state index is 12.1. The van der Waals surface area contributed by atoms with Gasteiger partial charge < -0.3 is 14.7 Å². The number of piperazine rings is 1. The summed E-state index contributed by atoms with van der Waals surface area (Å²) in [6.45, 7) is 5.89. The summed E-state index contributed by atoms with van der Waals surface area (Å²) in [7, 11) is 4.21. The van der Waals surface area contributed by atoms with Crippen LogP contribution in [0.15, 0.2) is 0 Å². The Morgan fingerprint density at radius 1 is 1.00 bits per heavy atom. The molecule has 0 radical (unpaired) electrons. The van der Waals surface area contributed by atoms with Crippen LogP contribution < -0.4 is 0 Å². The molecule has 15 heavy (non-hydrogen) atoms. The predicted molar refractivity (Wildman–Crippen MR) is 59.7 cm³/mol. The van der Waals surface area contributed by atoms with E-state index >= 15 is 0 Å². The van der Waals surface area contributed by atoms with Crippen LogP contribution in [0.3, 0.4) is 0 Å². The summed E-state index contributed by atoms with van der Waals surface area (Å²) in [5, 5.41) is 0. The molecule has 0 aromatic carbocycles. The maximum Gasteiger partial charge on any atom is 0.227 e. The monoisotopic (exact) mass is 211 g/mol. The van der Waals surface area contributed by atoms with Gasteiger partial charge in [-0.3, -0.25) is 4.79 Å². The molecule has 2 aliphatic rings. The zero-order chi connectivity index (χ0) is 10.8. The van der Waals surface area contributed by atoms with E-state index in [2.05, 4.69) is 23.9 Å². The zero-order valence-corrected chi connectivity index (χ0v) is 9.78. The average Bonchev–Trinajstić information content (AvgIpc) is 2.65. The largest absolute Gasteiger partial charge is 0.340 e. The summed E-state index contributed by atoms with van der Waals surface area (Å²) in [5.74, 6) is 0.644. The molecule has 1 amide bonds. The van der Waals surface area contributed by atoms with Crippen LogP contribution in [0.4, 0.5) is 0 Å². The summed E-state index contributed by atoms with van der Waals surface area (Å²) in [5.41, 5.74) is 0. The molecule has 2 heterocycles. The standard InChI is InChI=1S/C11H21N3O/c1-12-5-7-14(8-6-12)11(15)10-3-4-13(2)9-10/h10H,3-9H2,1-2H3/t10-/m0/s1. The number of rotatable bonds is 1. The third kappa shape index (κ3) is 2.49. The predicted octanol–water partition coefficient (Wildman–Crippen LogP) is -0.288. The minimum absolute atomic E-state index is 0.262. The van der Waals surface area contributed by atoms with Crippen molar-refractivity contribution in [3.05, 3.63) is 0 Å². The second kappa shape index (κ2) is 4.49. The summed E-state index contributed by atoms with van der Waals surface area (Å²) >= 11 is 0. The van der Waals surface area contributed by atoms with Crippen LogP contribution in [0, 0.1) is 5.92 Å². The van der Waals surface area contributed by atoms with E-state index in [4.69, 9.17) is 0 Å². The Labute approximate surface area is 91.8 Å². The number of carbonyl (C=O) groups excluding carboxylic acids is 1. The van der Waals surface area contributed by atoms with E-state index in [9.17, 15) is 4.79 Å².